The Morgan fingerprint density at radius 1 is 1.21 bits per heavy atom. The van der Waals surface area contributed by atoms with E-state index >= 15 is 0 Å². The van der Waals surface area contributed by atoms with Gasteiger partial charge in [0.25, 0.3) is 0 Å². The Labute approximate surface area is 200 Å². The van der Waals surface area contributed by atoms with E-state index in [1.165, 1.54) is 6.07 Å². The number of aromatic nitrogens is 4. The van der Waals surface area contributed by atoms with Gasteiger partial charge in [0.2, 0.25) is 0 Å². The van der Waals surface area contributed by atoms with Crippen LogP contribution in [0.3, 0.4) is 0 Å². The van der Waals surface area contributed by atoms with Gasteiger partial charge in [-0.1, -0.05) is 18.2 Å². The van der Waals surface area contributed by atoms with Gasteiger partial charge in [-0.05, 0) is 45.6 Å². The summed E-state index contributed by atoms with van der Waals surface area (Å²) in [5.74, 6) is 2.07. The zero-order chi connectivity index (χ0) is 24.1. The molecule has 0 amide bonds. The van der Waals surface area contributed by atoms with E-state index in [1.54, 1.807) is 6.07 Å². The lowest BCUT2D eigenvalue weighted by Gasteiger charge is -2.28. The molecule has 1 aliphatic rings. The summed E-state index contributed by atoms with van der Waals surface area (Å²) in [4.78, 5) is 15.8. The molecule has 0 radical (unpaired) electrons. The van der Waals surface area contributed by atoms with Gasteiger partial charge in [0.1, 0.15) is 11.6 Å². The zero-order valence-electron chi connectivity index (χ0n) is 19.8. The van der Waals surface area contributed by atoms with E-state index in [0.717, 1.165) is 44.1 Å². The number of anilines is 3. The molecule has 2 aromatic heterocycles. The van der Waals surface area contributed by atoms with Gasteiger partial charge in [0.05, 0.1) is 16.9 Å². The van der Waals surface area contributed by atoms with Gasteiger partial charge in [-0.3, -0.25) is 0 Å². The molecule has 1 saturated heterocycles. The number of nitrogen functional groups attached to an aromatic ring is 1. The number of aromatic hydroxyl groups is 1. The Bertz CT molecular complexity index is 1150. The fourth-order valence-corrected chi connectivity index (χ4v) is 3.97. The summed E-state index contributed by atoms with van der Waals surface area (Å²) in [5, 5.41) is 18.5. The first kappa shape index (κ1) is 23.3. The van der Waals surface area contributed by atoms with Crippen molar-refractivity contribution >= 4 is 23.4 Å². The predicted octanol–water partition coefficient (Wildman–Crippen LogP) is 2.50. The molecular formula is C25H30N8O. The molecule has 0 unspecified atom stereocenters. The molecule has 1 aromatic carbocycles. The standard InChI is InChI=1S/C25H30N8O/c1-18-11-14-32(21-17-20(29-30-25(21)26)19-7-4-5-8-22(19)34)15-16-33(18)24-10-12-27-23(28-24)9-6-13-31(2)3/h6-10,12,17-18,34H,11,13-16H2,1-3H3,(H2,26,30)/b9-6+/t18-/m1/s1. The highest BCUT2D eigenvalue weighted by Gasteiger charge is 2.24. The van der Waals surface area contributed by atoms with Gasteiger partial charge in [-0.15, -0.1) is 10.2 Å². The number of likely N-dealkylation sites (N-methyl/N-ethyl adjacent to an activating group) is 1. The second kappa shape index (κ2) is 10.4. The molecule has 0 saturated carbocycles. The molecule has 9 nitrogen and oxygen atoms in total. The number of hydrogen-bond acceptors (Lipinski definition) is 9. The summed E-state index contributed by atoms with van der Waals surface area (Å²) in [6.45, 7) is 5.38. The topological polar surface area (TPSA) is 108 Å². The molecule has 4 rings (SSSR count). The summed E-state index contributed by atoms with van der Waals surface area (Å²) >= 11 is 0. The maximum Gasteiger partial charge on any atom is 0.169 e. The Balaban J connectivity index is 1.54. The van der Waals surface area contributed by atoms with Crippen LogP contribution in [0.15, 0.2) is 36.5 Å². The van der Waals surface area contributed by atoms with E-state index < -0.39 is 0 Å². The number of nitrogens with two attached hydrogens (primary N) is 1. The normalized spacial score (nSPS) is 16.6. The molecule has 0 bridgehead atoms. The van der Waals surface area contributed by atoms with Crippen LogP contribution in [0.2, 0.25) is 0 Å². The third kappa shape index (κ3) is 5.35. The first-order valence-electron chi connectivity index (χ1n) is 11.3. The first-order chi connectivity index (χ1) is 16.4. The third-order valence-electron chi connectivity index (χ3n) is 5.85. The number of nitrogens with zero attached hydrogens (tertiary/aromatic N) is 7. The molecule has 176 valence electrons. The second-order valence-corrected chi connectivity index (χ2v) is 8.63. The molecule has 3 aromatic rings. The molecular weight excluding hydrogens is 428 g/mol. The molecule has 34 heavy (non-hydrogen) atoms. The summed E-state index contributed by atoms with van der Waals surface area (Å²) in [6, 6.07) is 12.8. The largest absolute Gasteiger partial charge is 0.507 e. The van der Waals surface area contributed by atoms with Crippen LogP contribution in [0, 0.1) is 12.1 Å². The minimum atomic E-state index is 0.0821. The minimum Gasteiger partial charge on any atom is -0.507 e. The van der Waals surface area contributed by atoms with Crippen LogP contribution in [-0.2, 0) is 0 Å². The molecule has 0 aliphatic carbocycles. The predicted molar refractivity (Wildman–Crippen MR) is 134 cm³/mol. The quantitative estimate of drug-likeness (QED) is 0.576. The van der Waals surface area contributed by atoms with Crippen molar-refractivity contribution in [1.29, 1.82) is 0 Å². The lowest BCUT2D eigenvalue weighted by molar-refractivity contribution is 0.457. The van der Waals surface area contributed by atoms with Crippen molar-refractivity contribution < 1.29 is 5.11 Å². The second-order valence-electron chi connectivity index (χ2n) is 8.63. The van der Waals surface area contributed by atoms with Gasteiger partial charge in [-0.2, -0.15) is 0 Å². The van der Waals surface area contributed by atoms with Crippen LogP contribution in [-0.4, -0.2) is 76.5 Å². The number of rotatable bonds is 6. The molecule has 1 aliphatic heterocycles. The van der Waals surface area contributed by atoms with Crippen molar-refractivity contribution in [1.82, 2.24) is 25.1 Å². The third-order valence-corrected chi connectivity index (χ3v) is 5.85. The Morgan fingerprint density at radius 2 is 2.03 bits per heavy atom. The minimum absolute atomic E-state index is 0.0821. The Kier molecular flexibility index (Phi) is 7.09. The monoisotopic (exact) mass is 458 g/mol. The summed E-state index contributed by atoms with van der Waals surface area (Å²) in [6.07, 6.45) is 6.75. The molecule has 3 heterocycles. The van der Waals surface area contributed by atoms with Crippen molar-refractivity contribution in [2.75, 3.05) is 55.8 Å². The average molecular weight is 459 g/mol. The van der Waals surface area contributed by atoms with Crippen molar-refractivity contribution in [3.05, 3.63) is 54.5 Å². The average Bonchev–Trinajstić information content (AvgIpc) is 3.01. The molecule has 9 heteroatoms. The fourth-order valence-electron chi connectivity index (χ4n) is 3.97. The first-order valence-corrected chi connectivity index (χ1v) is 11.3. The molecule has 1 fully saturated rings. The van der Waals surface area contributed by atoms with Gasteiger partial charge in [0.15, 0.2) is 11.6 Å². The van der Waals surface area contributed by atoms with E-state index in [1.807, 2.05) is 38.5 Å². The van der Waals surface area contributed by atoms with Crippen LogP contribution in [0.1, 0.15) is 19.2 Å². The van der Waals surface area contributed by atoms with E-state index in [-0.39, 0.29) is 11.8 Å². The molecule has 0 spiro atoms. The SMILES string of the molecule is C[C@@H]1CCN(c2cc(-c3cc#ccc3O)nnc2N)CCN1c1ccnc(/C=C/CN(C)C)n1. The van der Waals surface area contributed by atoms with Crippen LogP contribution in [0.25, 0.3) is 17.3 Å². The maximum atomic E-state index is 10.2. The van der Waals surface area contributed by atoms with Crippen LogP contribution in [0.4, 0.5) is 17.3 Å². The number of hydrogen-bond donors (Lipinski definition) is 2. The van der Waals surface area contributed by atoms with E-state index in [0.29, 0.717) is 22.9 Å². The van der Waals surface area contributed by atoms with Crippen molar-refractivity contribution in [3.8, 4) is 17.0 Å². The highest BCUT2D eigenvalue weighted by molar-refractivity contribution is 5.73. The highest BCUT2D eigenvalue weighted by atomic mass is 16.3. The Hall–Kier alpha value is -3.90. The van der Waals surface area contributed by atoms with Gasteiger partial charge in [0, 0.05) is 50.6 Å². The van der Waals surface area contributed by atoms with E-state index in [2.05, 4.69) is 55.0 Å². The smallest absolute Gasteiger partial charge is 0.169 e. The van der Waals surface area contributed by atoms with Crippen LogP contribution in [0.5, 0.6) is 5.75 Å². The summed E-state index contributed by atoms with van der Waals surface area (Å²) in [5.41, 5.74) is 8.12. The van der Waals surface area contributed by atoms with Gasteiger partial charge in [-0.25, -0.2) is 9.97 Å². The molecule has 1 atom stereocenters. The summed E-state index contributed by atoms with van der Waals surface area (Å²) < 4.78 is 0. The van der Waals surface area contributed by atoms with Crippen molar-refractivity contribution in [2.45, 2.75) is 19.4 Å². The van der Waals surface area contributed by atoms with Crippen LogP contribution >= 0.6 is 0 Å². The molecule has 3 N–H and O–H groups in total. The Morgan fingerprint density at radius 3 is 2.82 bits per heavy atom. The maximum absolute atomic E-state index is 10.2. The van der Waals surface area contributed by atoms with Gasteiger partial charge >= 0.3 is 0 Å². The fraction of sp³-hybridized carbons (Fsp3) is 0.360. The summed E-state index contributed by atoms with van der Waals surface area (Å²) in [7, 11) is 4.06. The lowest BCUT2D eigenvalue weighted by atomic mass is 10.1. The zero-order valence-corrected chi connectivity index (χ0v) is 19.8. The van der Waals surface area contributed by atoms with Crippen molar-refractivity contribution in [2.24, 2.45) is 0 Å². The van der Waals surface area contributed by atoms with Crippen molar-refractivity contribution in [3.63, 3.8) is 0 Å². The lowest BCUT2D eigenvalue weighted by Crippen LogP contribution is -2.35. The van der Waals surface area contributed by atoms with Gasteiger partial charge < -0.3 is 25.5 Å². The van der Waals surface area contributed by atoms with Crippen LogP contribution < -0.4 is 15.5 Å². The van der Waals surface area contributed by atoms with E-state index in [9.17, 15) is 5.11 Å². The highest BCUT2D eigenvalue weighted by Crippen LogP contribution is 2.31. The van der Waals surface area contributed by atoms with E-state index in [4.69, 9.17) is 10.7 Å².